The molecule has 0 bridgehead atoms. The van der Waals surface area contributed by atoms with Crippen LogP contribution in [0.5, 0.6) is 0 Å². The van der Waals surface area contributed by atoms with E-state index in [9.17, 15) is 23.1 Å². The number of esters is 1. The Morgan fingerprint density at radius 3 is 2.77 bits per heavy atom. The molecule has 0 aromatic rings. The maximum Gasteiger partial charge on any atom is 0.341 e. The highest BCUT2D eigenvalue weighted by atomic mass is 32.2. The summed E-state index contributed by atoms with van der Waals surface area (Å²) >= 11 is 0. The van der Waals surface area contributed by atoms with Crippen LogP contribution < -0.4 is 5.56 Å². The quantitative estimate of drug-likeness (QED) is 0.662. The van der Waals surface area contributed by atoms with Crippen molar-refractivity contribution in [2.75, 3.05) is 18.6 Å². The monoisotopic (exact) mass is 327 g/mol. The van der Waals surface area contributed by atoms with Crippen molar-refractivity contribution in [2.24, 2.45) is 0 Å². The Kier molecular flexibility index (Phi) is 3.29. The molecule has 0 amide bonds. The summed E-state index contributed by atoms with van der Waals surface area (Å²) in [4.78, 5) is 23.6. The van der Waals surface area contributed by atoms with Gasteiger partial charge in [-0.15, -0.1) is 0 Å². The summed E-state index contributed by atoms with van der Waals surface area (Å²) in [7, 11) is -2.18. The van der Waals surface area contributed by atoms with Crippen molar-refractivity contribution in [1.29, 1.82) is 0 Å². The molecule has 0 aromatic heterocycles. The van der Waals surface area contributed by atoms with Crippen LogP contribution in [0.25, 0.3) is 11.3 Å². The largest absolute Gasteiger partial charge is 0.465 e. The van der Waals surface area contributed by atoms with E-state index in [4.69, 9.17) is 0 Å². The van der Waals surface area contributed by atoms with Crippen molar-refractivity contribution in [1.82, 2.24) is 14.8 Å². The van der Waals surface area contributed by atoms with Gasteiger partial charge in [0.15, 0.2) is 9.84 Å². The molecule has 3 aliphatic rings. The Balaban J connectivity index is 2.18. The Labute approximate surface area is 124 Å². The number of nitrogens with zero attached hydrogens (tertiary/aromatic N) is 2. The fraction of sp³-hybridized carbons (Fsp3) is 0.417. The first-order valence-electron chi connectivity index (χ1n) is 6.39. The average Bonchev–Trinajstić information content (AvgIpc) is 2.97. The third kappa shape index (κ3) is 2.29. The van der Waals surface area contributed by atoms with Crippen LogP contribution in [0, 0.1) is 0 Å². The predicted molar refractivity (Wildman–Crippen MR) is 74.5 cm³/mol. The highest BCUT2D eigenvalue weighted by Gasteiger charge is 2.38. The molecular weight excluding hydrogens is 314 g/mol. The van der Waals surface area contributed by atoms with Gasteiger partial charge in [-0.25, -0.2) is 18.3 Å². The van der Waals surface area contributed by atoms with Gasteiger partial charge < -0.3 is 14.4 Å². The molecule has 2 atom stereocenters. The number of hydrogen-bond donors (Lipinski definition) is 2. The minimum absolute atomic E-state index is 0.0230. The van der Waals surface area contributed by atoms with E-state index in [0.29, 0.717) is 0 Å². The van der Waals surface area contributed by atoms with Gasteiger partial charge in [-0.05, 0) is 0 Å². The van der Waals surface area contributed by atoms with E-state index in [0.717, 1.165) is 0 Å². The van der Waals surface area contributed by atoms with Crippen LogP contribution in [0.3, 0.4) is 0 Å². The second-order valence-electron chi connectivity index (χ2n) is 5.14. The number of aromatic nitrogens is 3. The maximum atomic E-state index is 11.8. The Morgan fingerprint density at radius 2 is 2.18 bits per heavy atom. The molecule has 0 aliphatic carbocycles. The van der Waals surface area contributed by atoms with Crippen molar-refractivity contribution in [3.05, 3.63) is 28.3 Å². The summed E-state index contributed by atoms with van der Waals surface area (Å²) in [6.07, 6.45) is 1.60. The summed E-state index contributed by atoms with van der Waals surface area (Å²) < 4.78 is 29.3. The molecule has 0 radical (unpaired) electrons. The zero-order valence-electron chi connectivity index (χ0n) is 11.5. The highest BCUT2D eigenvalue weighted by Crippen LogP contribution is 2.28. The van der Waals surface area contributed by atoms with Gasteiger partial charge in [0, 0.05) is 12.4 Å². The first-order valence-corrected chi connectivity index (χ1v) is 8.21. The van der Waals surface area contributed by atoms with Gasteiger partial charge in [0.2, 0.25) is 0 Å². The number of aromatic amines is 1. The van der Waals surface area contributed by atoms with Crippen LogP contribution >= 0.6 is 0 Å². The smallest absolute Gasteiger partial charge is 0.341 e. The third-order valence-corrected chi connectivity index (χ3v) is 5.36. The molecule has 1 fully saturated rings. The first-order chi connectivity index (χ1) is 10.3. The molecule has 0 saturated carbocycles. The SMILES string of the molecule is COC(=O)c1cn(C2CS(=O)(=O)CC2O)cc2c(=O)[nH]nc1-2. The van der Waals surface area contributed by atoms with Gasteiger partial charge in [-0.1, -0.05) is 0 Å². The molecule has 0 spiro atoms. The molecule has 3 rings (SSSR count). The number of hydrogen-bond acceptors (Lipinski definition) is 7. The number of ether oxygens (including phenoxy) is 1. The number of aliphatic hydroxyl groups excluding tert-OH is 1. The molecule has 9 nitrogen and oxygen atoms in total. The van der Waals surface area contributed by atoms with Crippen LogP contribution in [0.15, 0.2) is 17.2 Å². The number of methoxy groups -OCH3 is 1. The number of carbonyl (C=O) groups excluding carboxylic acids is 1. The first kappa shape index (κ1) is 14.7. The van der Waals surface area contributed by atoms with Gasteiger partial charge in [0.25, 0.3) is 5.56 Å². The van der Waals surface area contributed by atoms with Gasteiger partial charge in [-0.3, -0.25) is 4.79 Å². The standard InChI is InChI=1S/C12H13N3O6S/c1-21-12(18)7-3-15(2-6-10(7)13-14-11(6)17)8-4-22(19,20)5-9(8)16/h2-3,8-9,16H,4-5H2,1H3,(H,14,17). The lowest BCUT2D eigenvalue weighted by atomic mass is 10.1. The molecule has 0 aromatic carbocycles. The molecule has 3 heterocycles. The lowest BCUT2D eigenvalue weighted by molar-refractivity contribution is 0.0599. The number of H-pyrrole nitrogens is 1. The van der Waals surface area contributed by atoms with Gasteiger partial charge in [0.05, 0.1) is 36.3 Å². The number of rotatable bonds is 2. The van der Waals surface area contributed by atoms with E-state index >= 15 is 0 Å². The number of nitrogens with one attached hydrogen (secondary N) is 1. The highest BCUT2D eigenvalue weighted by molar-refractivity contribution is 7.91. The van der Waals surface area contributed by atoms with Crippen molar-refractivity contribution in [3.63, 3.8) is 0 Å². The normalized spacial score (nSPS) is 23.7. The fourth-order valence-electron chi connectivity index (χ4n) is 2.60. The van der Waals surface area contributed by atoms with E-state index in [1.54, 1.807) is 0 Å². The van der Waals surface area contributed by atoms with Crippen LogP contribution in [0.4, 0.5) is 0 Å². The fourth-order valence-corrected chi connectivity index (χ4v) is 4.40. The van der Waals surface area contributed by atoms with E-state index in [2.05, 4.69) is 14.9 Å². The minimum atomic E-state index is -3.37. The number of aliphatic hydroxyl groups is 1. The van der Waals surface area contributed by atoms with Crippen LogP contribution in [-0.4, -0.2) is 59.0 Å². The lowest BCUT2D eigenvalue weighted by Gasteiger charge is -2.19. The van der Waals surface area contributed by atoms with Crippen molar-refractivity contribution in [3.8, 4) is 11.3 Å². The van der Waals surface area contributed by atoms with Gasteiger partial charge >= 0.3 is 5.97 Å². The Hall–Kier alpha value is -2.20. The summed E-state index contributed by atoms with van der Waals surface area (Å²) in [5.74, 6) is -1.33. The Morgan fingerprint density at radius 1 is 1.45 bits per heavy atom. The van der Waals surface area contributed by atoms with Crippen LogP contribution in [0.2, 0.25) is 0 Å². The summed E-state index contributed by atoms with van der Waals surface area (Å²) in [5, 5.41) is 15.9. The Bertz CT molecular complexity index is 867. The van der Waals surface area contributed by atoms with E-state index in [-0.39, 0.29) is 28.3 Å². The second kappa shape index (κ2) is 4.92. The van der Waals surface area contributed by atoms with Crippen molar-refractivity contribution >= 4 is 15.8 Å². The van der Waals surface area contributed by atoms with Crippen molar-refractivity contribution < 1.29 is 23.1 Å². The molecule has 22 heavy (non-hydrogen) atoms. The van der Waals surface area contributed by atoms with E-state index in [1.165, 1.54) is 24.1 Å². The number of pyridine rings is 1. The zero-order valence-corrected chi connectivity index (χ0v) is 12.3. The van der Waals surface area contributed by atoms with Crippen LogP contribution in [-0.2, 0) is 14.6 Å². The molecule has 2 unspecified atom stereocenters. The molecule has 10 heteroatoms. The molecular formula is C12H13N3O6S. The summed E-state index contributed by atoms with van der Waals surface area (Å²) in [6, 6.07) is -0.771. The molecule has 118 valence electrons. The molecule has 2 N–H and O–H groups in total. The zero-order chi connectivity index (χ0) is 16.1. The maximum absolute atomic E-state index is 11.8. The van der Waals surface area contributed by atoms with Gasteiger partial charge in [0.1, 0.15) is 11.3 Å². The number of fused-ring (bicyclic) bond motifs is 1. The molecule has 1 saturated heterocycles. The number of carbonyl (C=O) groups is 1. The van der Waals surface area contributed by atoms with Crippen LogP contribution in [0.1, 0.15) is 16.4 Å². The summed E-state index contributed by atoms with van der Waals surface area (Å²) in [6.45, 7) is 0. The predicted octanol–water partition coefficient (Wildman–Crippen LogP) is -1.21. The number of sulfone groups is 1. The topological polar surface area (TPSA) is 131 Å². The molecule has 3 aliphatic heterocycles. The minimum Gasteiger partial charge on any atom is -0.465 e. The summed E-state index contributed by atoms with van der Waals surface area (Å²) in [5.41, 5.74) is -0.220. The third-order valence-electron chi connectivity index (χ3n) is 3.66. The van der Waals surface area contributed by atoms with Gasteiger partial charge in [-0.2, -0.15) is 5.10 Å². The van der Waals surface area contributed by atoms with E-state index in [1.807, 2.05) is 0 Å². The lowest BCUT2D eigenvalue weighted by Crippen LogP contribution is -2.24. The average molecular weight is 327 g/mol. The van der Waals surface area contributed by atoms with Crippen molar-refractivity contribution in [2.45, 2.75) is 12.1 Å². The van der Waals surface area contributed by atoms with E-state index < -0.39 is 33.5 Å². The second-order valence-corrected chi connectivity index (χ2v) is 7.29.